The molecule has 1 aliphatic rings. The van der Waals surface area contributed by atoms with Gasteiger partial charge in [0.1, 0.15) is 6.17 Å². The zero-order chi connectivity index (χ0) is 6.20. The highest BCUT2D eigenvalue weighted by Gasteiger charge is 2.33. The highest BCUT2D eigenvalue weighted by atomic mass is 19.1. The monoisotopic (exact) mass is 117 g/mol. The Kier molecular flexibility index (Phi) is 1.27. The topological polar surface area (TPSA) is 12.0 Å². The van der Waals surface area contributed by atoms with Crippen molar-refractivity contribution in [3.63, 3.8) is 0 Å². The van der Waals surface area contributed by atoms with Crippen LogP contribution >= 0.6 is 0 Å². The molecule has 1 nitrogen and oxygen atoms in total. The van der Waals surface area contributed by atoms with Gasteiger partial charge in [-0.1, -0.05) is 13.8 Å². The van der Waals surface area contributed by atoms with E-state index in [0.29, 0.717) is 6.54 Å². The zero-order valence-corrected chi connectivity index (χ0v) is 5.37. The maximum Gasteiger partial charge on any atom is 0.119 e. The van der Waals surface area contributed by atoms with Gasteiger partial charge in [0.2, 0.25) is 0 Å². The van der Waals surface area contributed by atoms with E-state index in [1.807, 2.05) is 13.8 Å². The maximum atomic E-state index is 12.6. The first-order chi connectivity index (χ1) is 3.63. The van der Waals surface area contributed by atoms with Crippen molar-refractivity contribution in [1.29, 1.82) is 0 Å². The summed E-state index contributed by atoms with van der Waals surface area (Å²) >= 11 is 0. The standard InChI is InChI=1S/C6H12FN/c1-6(2)4-8-3-5(6)7/h5,8H,3-4H2,1-2H3/t5-/m1/s1. The van der Waals surface area contributed by atoms with Crippen LogP contribution in [0.4, 0.5) is 4.39 Å². The van der Waals surface area contributed by atoms with Gasteiger partial charge < -0.3 is 5.32 Å². The predicted molar refractivity (Wildman–Crippen MR) is 31.5 cm³/mol. The van der Waals surface area contributed by atoms with Gasteiger partial charge in [-0.25, -0.2) is 4.39 Å². The first kappa shape index (κ1) is 6.02. The van der Waals surface area contributed by atoms with E-state index < -0.39 is 6.17 Å². The molecule has 0 radical (unpaired) electrons. The molecule has 2 heteroatoms. The lowest BCUT2D eigenvalue weighted by molar-refractivity contribution is 0.203. The van der Waals surface area contributed by atoms with E-state index >= 15 is 0 Å². The van der Waals surface area contributed by atoms with Gasteiger partial charge in [0, 0.05) is 18.5 Å². The van der Waals surface area contributed by atoms with E-state index in [9.17, 15) is 4.39 Å². The maximum absolute atomic E-state index is 12.6. The molecule has 0 bridgehead atoms. The van der Waals surface area contributed by atoms with Crippen LogP contribution in [-0.2, 0) is 0 Å². The van der Waals surface area contributed by atoms with E-state index in [4.69, 9.17) is 0 Å². The second-order valence-electron chi connectivity index (χ2n) is 3.09. The molecule has 1 saturated heterocycles. The summed E-state index contributed by atoms with van der Waals surface area (Å²) in [5.41, 5.74) is -0.125. The van der Waals surface area contributed by atoms with Gasteiger partial charge >= 0.3 is 0 Å². The van der Waals surface area contributed by atoms with Gasteiger partial charge in [0.25, 0.3) is 0 Å². The van der Waals surface area contributed by atoms with Gasteiger partial charge in [0.05, 0.1) is 0 Å². The molecule has 0 aromatic rings. The number of halogens is 1. The van der Waals surface area contributed by atoms with Gasteiger partial charge in [-0.3, -0.25) is 0 Å². The number of hydrogen-bond donors (Lipinski definition) is 1. The molecule has 1 aliphatic heterocycles. The Morgan fingerprint density at radius 1 is 1.62 bits per heavy atom. The molecule has 1 fully saturated rings. The van der Waals surface area contributed by atoms with Gasteiger partial charge in [0.15, 0.2) is 0 Å². The third-order valence-electron chi connectivity index (χ3n) is 1.75. The van der Waals surface area contributed by atoms with Crippen LogP contribution in [0, 0.1) is 5.41 Å². The molecule has 0 aliphatic carbocycles. The molecule has 1 rings (SSSR count). The fourth-order valence-corrected chi connectivity index (χ4v) is 0.908. The summed E-state index contributed by atoms with van der Waals surface area (Å²) in [7, 11) is 0. The molecule has 48 valence electrons. The molecule has 1 atom stereocenters. The second-order valence-corrected chi connectivity index (χ2v) is 3.09. The normalized spacial score (nSPS) is 35.6. The largest absolute Gasteiger partial charge is 0.313 e. The van der Waals surface area contributed by atoms with E-state index in [2.05, 4.69) is 5.32 Å². The molecule has 0 aromatic heterocycles. The molecule has 0 spiro atoms. The number of hydrogen-bond acceptors (Lipinski definition) is 1. The molecular formula is C6H12FN. The van der Waals surface area contributed by atoms with Crippen molar-refractivity contribution in [3.05, 3.63) is 0 Å². The Hall–Kier alpha value is -0.110. The van der Waals surface area contributed by atoms with Crippen LogP contribution in [0.15, 0.2) is 0 Å². The lowest BCUT2D eigenvalue weighted by Gasteiger charge is -2.17. The summed E-state index contributed by atoms with van der Waals surface area (Å²) in [5.74, 6) is 0. The number of alkyl halides is 1. The highest BCUT2D eigenvalue weighted by molar-refractivity contribution is 4.88. The van der Waals surface area contributed by atoms with Crippen molar-refractivity contribution < 1.29 is 4.39 Å². The van der Waals surface area contributed by atoms with Gasteiger partial charge in [-0.15, -0.1) is 0 Å². The highest BCUT2D eigenvalue weighted by Crippen LogP contribution is 2.25. The van der Waals surface area contributed by atoms with Crippen molar-refractivity contribution in [1.82, 2.24) is 5.32 Å². The molecule has 0 aromatic carbocycles. The van der Waals surface area contributed by atoms with Gasteiger partial charge in [-0.05, 0) is 0 Å². The smallest absolute Gasteiger partial charge is 0.119 e. The zero-order valence-electron chi connectivity index (χ0n) is 5.37. The second kappa shape index (κ2) is 1.69. The minimum Gasteiger partial charge on any atom is -0.313 e. The molecule has 8 heavy (non-hydrogen) atoms. The molecule has 1 heterocycles. The number of nitrogens with one attached hydrogen (secondary N) is 1. The molecule has 0 amide bonds. The van der Waals surface area contributed by atoms with Crippen molar-refractivity contribution >= 4 is 0 Å². The van der Waals surface area contributed by atoms with Crippen molar-refractivity contribution in [2.24, 2.45) is 5.41 Å². The summed E-state index contributed by atoms with van der Waals surface area (Å²) in [6.07, 6.45) is -0.650. The third-order valence-corrected chi connectivity index (χ3v) is 1.75. The summed E-state index contributed by atoms with van der Waals surface area (Å²) in [6.45, 7) is 5.23. The van der Waals surface area contributed by atoms with Crippen LogP contribution < -0.4 is 5.32 Å². The quantitative estimate of drug-likeness (QED) is 0.498. The van der Waals surface area contributed by atoms with Crippen molar-refractivity contribution in [2.75, 3.05) is 13.1 Å². The van der Waals surface area contributed by atoms with Crippen LogP contribution in [-0.4, -0.2) is 19.3 Å². The summed E-state index contributed by atoms with van der Waals surface area (Å²) in [6, 6.07) is 0. The fraction of sp³-hybridized carbons (Fsp3) is 1.00. The number of rotatable bonds is 0. The van der Waals surface area contributed by atoms with Gasteiger partial charge in [-0.2, -0.15) is 0 Å². The molecule has 0 unspecified atom stereocenters. The first-order valence-electron chi connectivity index (χ1n) is 2.98. The average Bonchev–Trinajstić information content (AvgIpc) is 1.86. The van der Waals surface area contributed by atoms with E-state index in [-0.39, 0.29) is 5.41 Å². The first-order valence-corrected chi connectivity index (χ1v) is 2.98. The Labute approximate surface area is 49.3 Å². The van der Waals surface area contributed by atoms with Crippen molar-refractivity contribution in [2.45, 2.75) is 20.0 Å². The Bertz CT molecular complexity index is 90.5. The Morgan fingerprint density at radius 2 is 2.25 bits per heavy atom. The Balaban J connectivity index is 2.54. The minimum atomic E-state index is -0.650. The summed E-state index contributed by atoms with van der Waals surface area (Å²) in [5, 5.41) is 2.99. The minimum absolute atomic E-state index is 0.125. The van der Waals surface area contributed by atoms with E-state index in [0.717, 1.165) is 6.54 Å². The van der Waals surface area contributed by atoms with Crippen LogP contribution in [0.5, 0.6) is 0 Å². The van der Waals surface area contributed by atoms with Crippen LogP contribution in [0.1, 0.15) is 13.8 Å². The van der Waals surface area contributed by atoms with Crippen molar-refractivity contribution in [3.8, 4) is 0 Å². The SMILES string of the molecule is CC1(C)CNC[C@H]1F. The lowest BCUT2D eigenvalue weighted by Crippen LogP contribution is -2.22. The predicted octanol–water partition coefficient (Wildman–Crippen LogP) is 0.954. The van der Waals surface area contributed by atoms with Crippen LogP contribution in [0.3, 0.4) is 0 Å². The molecular weight excluding hydrogens is 105 g/mol. The van der Waals surface area contributed by atoms with Crippen LogP contribution in [0.2, 0.25) is 0 Å². The summed E-state index contributed by atoms with van der Waals surface area (Å²) < 4.78 is 12.6. The third kappa shape index (κ3) is 0.848. The van der Waals surface area contributed by atoms with Crippen LogP contribution in [0.25, 0.3) is 0 Å². The Morgan fingerprint density at radius 3 is 2.38 bits per heavy atom. The molecule has 1 N–H and O–H groups in total. The summed E-state index contributed by atoms with van der Waals surface area (Å²) in [4.78, 5) is 0. The average molecular weight is 117 g/mol. The fourth-order valence-electron chi connectivity index (χ4n) is 0.908. The van der Waals surface area contributed by atoms with E-state index in [1.54, 1.807) is 0 Å². The molecule has 0 saturated carbocycles. The lowest BCUT2D eigenvalue weighted by atomic mass is 9.91. The van der Waals surface area contributed by atoms with E-state index in [1.165, 1.54) is 0 Å².